The highest BCUT2D eigenvalue weighted by Crippen LogP contribution is 2.31. The van der Waals surface area contributed by atoms with Crippen molar-refractivity contribution >= 4 is 5.95 Å². The summed E-state index contributed by atoms with van der Waals surface area (Å²) < 4.78 is 38.6. The maximum absolute atomic E-state index is 12.9. The molecule has 0 fully saturated rings. The van der Waals surface area contributed by atoms with Gasteiger partial charge >= 0.3 is 6.18 Å². The summed E-state index contributed by atoms with van der Waals surface area (Å²) in [5.74, 6) is -0.0929. The Balaban J connectivity index is 2.56. The number of aromatic nitrogens is 2. The molecule has 0 saturated carbocycles. The average Bonchev–Trinajstić information content (AvgIpc) is 2.46. The normalized spacial score (nSPS) is 11.0. The minimum Gasteiger partial charge on any atom is -0.354 e. The molecule has 1 aromatic carbocycles. The first-order valence-electron chi connectivity index (χ1n) is 6.14. The van der Waals surface area contributed by atoms with Gasteiger partial charge in [0.1, 0.15) is 0 Å². The van der Waals surface area contributed by atoms with E-state index in [9.17, 15) is 13.2 Å². The summed E-state index contributed by atoms with van der Waals surface area (Å²) >= 11 is 0. The van der Waals surface area contributed by atoms with Crippen LogP contribution in [0, 0.1) is 11.3 Å². The minimum absolute atomic E-state index is 0.0929. The Morgan fingerprint density at radius 1 is 1.24 bits per heavy atom. The third-order valence-electron chi connectivity index (χ3n) is 2.64. The first kappa shape index (κ1) is 14.8. The summed E-state index contributed by atoms with van der Waals surface area (Å²) in [6, 6.07) is 9.06. The maximum Gasteiger partial charge on any atom is 0.433 e. The molecule has 0 aliphatic rings. The predicted molar refractivity (Wildman–Crippen MR) is 71.3 cm³/mol. The molecule has 0 spiro atoms. The van der Waals surface area contributed by atoms with Crippen molar-refractivity contribution in [2.75, 3.05) is 11.9 Å². The Kier molecular flexibility index (Phi) is 4.08. The van der Waals surface area contributed by atoms with E-state index in [-0.39, 0.29) is 11.6 Å². The summed E-state index contributed by atoms with van der Waals surface area (Å²) in [7, 11) is 0. The van der Waals surface area contributed by atoms with Gasteiger partial charge in [-0.2, -0.15) is 18.4 Å². The fourth-order valence-corrected chi connectivity index (χ4v) is 1.73. The first-order valence-corrected chi connectivity index (χ1v) is 6.14. The van der Waals surface area contributed by atoms with Crippen LogP contribution in [0.3, 0.4) is 0 Å². The quantitative estimate of drug-likeness (QED) is 0.941. The summed E-state index contributed by atoms with van der Waals surface area (Å²) in [6.07, 6.45) is -4.56. The number of halogens is 3. The van der Waals surface area contributed by atoms with E-state index in [4.69, 9.17) is 5.26 Å². The number of nitriles is 1. The second-order valence-corrected chi connectivity index (χ2v) is 4.18. The number of hydrogen-bond donors (Lipinski definition) is 1. The van der Waals surface area contributed by atoms with Crippen LogP contribution in [-0.4, -0.2) is 16.5 Å². The number of alkyl halides is 3. The molecule has 0 bridgehead atoms. The third kappa shape index (κ3) is 3.48. The van der Waals surface area contributed by atoms with Crippen LogP contribution in [0.1, 0.15) is 18.2 Å². The van der Waals surface area contributed by atoms with Gasteiger partial charge in [-0.15, -0.1) is 0 Å². The van der Waals surface area contributed by atoms with Gasteiger partial charge in [0, 0.05) is 12.1 Å². The topological polar surface area (TPSA) is 61.6 Å². The van der Waals surface area contributed by atoms with Crippen molar-refractivity contribution in [2.45, 2.75) is 13.1 Å². The van der Waals surface area contributed by atoms with Gasteiger partial charge in [-0.25, -0.2) is 9.97 Å². The molecule has 2 rings (SSSR count). The van der Waals surface area contributed by atoms with Crippen molar-refractivity contribution in [3.8, 4) is 17.3 Å². The largest absolute Gasteiger partial charge is 0.433 e. The van der Waals surface area contributed by atoms with E-state index in [2.05, 4.69) is 15.3 Å². The highest BCUT2D eigenvalue weighted by Gasteiger charge is 2.33. The summed E-state index contributed by atoms with van der Waals surface area (Å²) in [5, 5.41) is 11.5. The Bertz CT molecular complexity index is 689. The molecule has 108 valence electrons. The van der Waals surface area contributed by atoms with E-state index in [1.807, 2.05) is 6.07 Å². The zero-order chi connectivity index (χ0) is 15.5. The third-order valence-corrected chi connectivity index (χ3v) is 2.64. The molecular weight excluding hydrogens is 281 g/mol. The molecule has 0 radical (unpaired) electrons. The van der Waals surface area contributed by atoms with Crippen LogP contribution in [0.5, 0.6) is 0 Å². The molecular formula is C14H11F3N4. The van der Waals surface area contributed by atoms with E-state index in [0.717, 1.165) is 6.07 Å². The fourth-order valence-electron chi connectivity index (χ4n) is 1.73. The van der Waals surface area contributed by atoms with Gasteiger partial charge < -0.3 is 5.32 Å². The number of benzene rings is 1. The molecule has 1 heterocycles. The van der Waals surface area contributed by atoms with E-state index < -0.39 is 11.9 Å². The van der Waals surface area contributed by atoms with E-state index in [1.54, 1.807) is 25.1 Å². The molecule has 7 heteroatoms. The zero-order valence-electron chi connectivity index (χ0n) is 11.1. The van der Waals surface area contributed by atoms with Crippen molar-refractivity contribution < 1.29 is 13.2 Å². The van der Waals surface area contributed by atoms with E-state index in [0.29, 0.717) is 17.7 Å². The van der Waals surface area contributed by atoms with E-state index in [1.165, 1.54) is 6.07 Å². The van der Waals surface area contributed by atoms with Gasteiger partial charge in [0.05, 0.1) is 17.3 Å². The average molecular weight is 292 g/mol. The maximum atomic E-state index is 12.9. The fraction of sp³-hybridized carbons (Fsp3) is 0.214. The molecule has 0 atom stereocenters. The van der Waals surface area contributed by atoms with Gasteiger partial charge in [0.25, 0.3) is 0 Å². The summed E-state index contributed by atoms with van der Waals surface area (Å²) in [5.41, 5.74) is -0.123. The number of rotatable bonds is 3. The smallest absolute Gasteiger partial charge is 0.354 e. The number of nitrogens with zero attached hydrogens (tertiary/aromatic N) is 3. The summed E-state index contributed by atoms with van der Waals surface area (Å²) in [4.78, 5) is 7.50. The Morgan fingerprint density at radius 3 is 2.62 bits per heavy atom. The number of anilines is 1. The monoisotopic (exact) mass is 292 g/mol. The van der Waals surface area contributed by atoms with Gasteiger partial charge in [-0.3, -0.25) is 0 Å². The SMILES string of the molecule is CCNc1nc(-c2cccc(C#N)c2)cc(C(F)(F)F)n1. The van der Waals surface area contributed by atoms with Crippen LogP contribution < -0.4 is 5.32 Å². The molecule has 0 aliphatic heterocycles. The second-order valence-electron chi connectivity index (χ2n) is 4.18. The second kappa shape index (κ2) is 5.79. The van der Waals surface area contributed by atoms with Crippen LogP contribution in [0.4, 0.5) is 19.1 Å². The lowest BCUT2D eigenvalue weighted by Gasteiger charge is -2.11. The molecule has 0 amide bonds. The molecule has 0 aliphatic carbocycles. The lowest BCUT2D eigenvalue weighted by molar-refractivity contribution is -0.141. The van der Waals surface area contributed by atoms with Crippen molar-refractivity contribution in [2.24, 2.45) is 0 Å². The van der Waals surface area contributed by atoms with Crippen molar-refractivity contribution in [3.63, 3.8) is 0 Å². The molecule has 0 saturated heterocycles. The Labute approximate surface area is 119 Å². The number of nitrogens with one attached hydrogen (secondary N) is 1. The number of hydrogen-bond acceptors (Lipinski definition) is 4. The van der Waals surface area contributed by atoms with Crippen molar-refractivity contribution in [1.82, 2.24) is 9.97 Å². The van der Waals surface area contributed by atoms with Crippen molar-refractivity contribution in [3.05, 3.63) is 41.6 Å². The molecule has 1 aromatic heterocycles. The van der Waals surface area contributed by atoms with E-state index >= 15 is 0 Å². The zero-order valence-corrected chi connectivity index (χ0v) is 11.1. The van der Waals surface area contributed by atoms with Crippen LogP contribution >= 0.6 is 0 Å². The molecule has 21 heavy (non-hydrogen) atoms. The summed E-state index contributed by atoms with van der Waals surface area (Å²) in [6.45, 7) is 2.14. The molecule has 2 aromatic rings. The predicted octanol–water partition coefficient (Wildman–Crippen LogP) is 3.47. The van der Waals surface area contributed by atoms with Crippen molar-refractivity contribution in [1.29, 1.82) is 5.26 Å². The van der Waals surface area contributed by atoms with Gasteiger partial charge in [0.2, 0.25) is 5.95 Å². The molecule has 4 nitrogen and oxygen atoms in total. The van der Waals surface area contributed by atoms with Crippen LogP contribution in [0.25, 0.3) is 11.3 Å². The lowest BCUT2D eigenvalue weighted by atomic mass is 10.1. The Morgan fingerprint density at radius 2 is 2.00 bits per heavy atom. The van der Waals surface area contributed by atoms with Crippen LogP contribution in [0.15, 0.2) is 30.3 Å². The van der Waals surface area contributed by atoms with Gasteiger partial charge in [0.15, 0.2) is 5.69 Å². The minimum atomic E-state index is -4.56. The lowest BCUT2D eigenvalue weighted by Crippen LogP contribution is -2.12. The van der Waals surface area contributed by atoms with Gasteiger partial charge in [-0.05, 0) is 25.1 Å². The molecule has 0 unspecified atom stereocenters. The standard InChI is InChI=1S/C14H11F3N4/c1-2-19-13-20-11(7-12(21-13)14(15,16)17)10-5-3-4-9(6-10)8-18/h3-7H,2H2,1H3,(H,19,20,21). The first-order chi connectivity index (χ1) is 9.94. The highest BCUT2D eigenvalue weighted by molar-refractivity contribution is 5.63. The van der Waals surface area contributed by atoms with Crippen LogP contribution in [0.2, 0.25) is 0 Å². The van der Waals surface area contributed by atoms with Crippen LogP contribution in [-0.2, 0) is 6.18 Å². The highest BCUT2D eigenvalue weighted by atomic mass is 19.4. The Hall–Kier alpha value is -2.62. The molecule has 1 N–H and O–H groups in total. The van der Waals surface area contributed by atoms with Gasteiger partial charge in [-0.1, -0.05) is 12.1 Å².